The summed E-state index contributed by atoms with van der Waals surface area (Å²) in [7, 11) is 0. The van der Waals surface area contributed by atoms with Gasteiger partial charge in [-0.15, -0.1) is 0 Å². The summed E-state index contributed by atoms with van der Waals surface area (Å²) in [6.45, 7) is 1.81. The standard InChI is InChI=1S/C12H9BrN4O4/c1-6-11(17-21-16-6)12(18)15-14-4-7-2-9-10(3-8(7)13)20-5-19-9/h2-4H,5H2,1H3,(H,15,18)/b14-4+. The molecule has 1 aromatic carbocycles. The molecule has 0 fully saturated rings. The third kappa shape index (κ3) is 2.72. The summed E-state index contributed by atoms with van der Waals surface area (Å²) >= 11 is 3.39. The van der Waals surface area contributed by atoms with Crippen molar-refractivity contribution in [3.63, 3.8) is 0 Å². The number of nitrogens with zero attached hydrogens (tertiary/aromatic N) is 3. The maximum Gasteiger partial charge on any atom is 0.295 e. The van der Waals surface area contributed by atoms with Gasteiger partial charge in [0.1, 0.15) is 5.69 Å². The molecular formula is C12H9BrN4O4. The predicted octanol–water partition coefficient (Wildman–Crippen LogP) is 1.63. The normalized spacial score (nSPS) is 12.9. The van der Waals surface area contributed by atoms with Gasteiger partial charge in [-0.05, 0) is 40.1 Å². The van der Waals surface area contributed by atoms with Crippen LogP contribution in [0.5, 0.6) is 11.5 Å². The first-order valence-corrected chi connectivity index (χ1v) is 6.66. The summed E-state index contributed by atoms with van der Waals surface area (Å²) in [5.74, 6) is 0.789. The van der Waals surface area contributed by atoms with E-state index < -0.39 is 5.91 Å². The lowest BCUT2D eigenvalue weighted by molar-refractivity contribution is 0.0945. The van der Waals surface area contributed by atoms with Crippen LogP contribution in [0.4, 0.5) is 0 Å². The Morgan fingerprint density at radius 2 is 2.14 bits per heavy atom. The van der Waals surface area contributed by atoms with Gasteiger partial charge in [0.2, 0.25) is 6.79 Å². The molecule has 0 spiro atoms. The van der Waals surface area contributed by atoms with Crippen LogP contribution in [0, 0.1) is 6.92 Å². The van der Waals surface area contributed by atoms with Crippen LogP contribution in [0.25, 0.3) is 0 Å². The van der Waals surface area contributed by atoms with Crippen molar-refractivity contribution >= 4 is 28.1 Å². The Morgan fingerprint density at radius 3 is 2.86 bits per heavy atom. The van der Waals surface area contributed by atoms with Gasteiger partial charge in [-0.2, -0.15) is 5.10 Å². The largest absolute Gasteiger partial charge is 0.454 e. The number of nitrogens with one attached hydrogen (secondary N) is 1. The van der Waals surface area contributed by atoms with E-state index in [2.05, 4.69) is 41.4 Å². The summed E-state index contributed by atoms with van der Waals surface area (Å²) in [6, 6.07) is 3.53. The molecule has 0 saturated heterocycles. The molecule has 0 radical (unpaired) electrons. The fraction of sp³-hybridized carbons (Fsp3) is 0.167. The van der Waals surface area contributed by atoms with Crippen LogP contribution in [0.2, 0.25) is 0 Å². The number of amides is 1. The number of rotatable bonds is 3. The van der Waals surface area contributed by atoms with Crippen LogP contribution < -0.4 is 14.9 Å². The van der Waals surface area contributed by atoms with Crippen LogP contribution in [-0.2, 0) is 0 Å². The summed E-state index contributed by atoms with van der Waals surface area (Å²) < 4.78 is 15.7. The molecule has 9 heteroatoms. The molecule has 0 atom stereocenters. The van der Waals surface area contributed by atoms with E-state index in [9.17, 15) is 4.79 Å². The molecule has 1 aliphatic rings. The molecule has 0 aliphatic carbocycles. The Balaban J connectivity index is 1.72. The molecule has 108 valence electrons. The molecule has 0 saturated carbocycles. The highest BCUT2D eigenvalue weighted by molar-refractivity contribution is 9.10. The number of fused-ring (bicyclic) bond motifs is 1. The molecule has 21 heavy (non-hydrogen) atoms. The molecule has 2 heterocycles. The Morgan fingerprint density at radius 1 is 1.38 bits per heavy atom. The van der Waals surface area contributed by atoms with Gasteiger partial charge < -0.3 is 9.47 Å². The number of hydrogen-bond donors (Lipinski definition) is 1. The molecular weight excluding hydrogens is 344 g/mol. The molecule has 0 unspecified atom stereocenters. The number of aryl methyl sites for hydroxylation is 1. The van der Waals surface area contributed by atoms with E-state index in [4.69, 9.17) is 9.47 Å². The van der Waals surface area contributed by atoms with E-state index in [0.29, 0.717) is 17.2 Å². The molecule has 2 aromatic rings. The quantitative estimate of drug-likeness (QED) is 0.665. The van der Waals surface area contributed by atoms with Gasteiger partial charge in [0.15, 0.2) is 17.2 Å². The molecule has 1 aromatic heterocycles. The second-order valence-corrected chi connectivity index (χ2v) is 4.98. The third-order valence-electron chi connectivity index (χ3n) is 2.73. The highest BCUT2D eigenvalue weighted by Crippen LogP contribution is 2.36. The molecule has 1 amide bonds. The number of carbonyl (C=O) groups is 1. The van der Waals surface area contributed by atoms with Gasteiger partial charge in [0, 0.05) is 10.0 Å². The van der Waals surface area contributed by atoms with Crippen molar-refractivity contribution in [1.29, 1.82) is 0 Å². The van der Waals surface area contributed by atoms with Crippen molar-refractivity contribution in [1.82, 2.24) is 15.7 Å². The first-order chi connectivity index (χ1) is 10.1. The average Bonchev–Trinajstić information content (AvgIpc) is 3.07. The van der Waals surface area contributed by atoms with Gasteiger partial charge in [-0.25, -0.2) is 10.1 Å². The summed E-state index contributed by atoms with van der Waals surface area (Å²) in [4.78, 5) is 11.7. The zero-order chi connectivity index (χ0) is 14.8. The minimum atomic E-state index is -0.498. The van der Waals surface area contributed by atoms with Crippen molar-refractivity contribution in [3.05, 3.63) is 33.6 Å². The molecule has 3 rings (SSSR count). The van der Waals surface area contributed by atoms with E-state index in [1.165, 1.54) is 6.21 Å². The lowest BCUT2D eigenvalue weighted by atomic mass is 10.2. The second-order valence-electron chi connectivity index (χ2n) is 4.12. The van der Waals surface area contributed by atoms with Crippen molar-refractivity contribution < 1.29 is 18.9 Å². The van der Waals surface area contributed by atoms with Crippen LogP contribution in [0.15, 0.2) is 26.3 Å². The number of carbonyl (C=O) groups excluding carboxylic acids is 1. The van der Waals surface area contributed by atoms with E-state index >= 15 is 0 Å². The maximum absolute atomic E-state index is 11.7. The predicted molar refractivity (Wildman–Crippen MR) is 74.4 cm³/mol. The van der Waals surface area contributed by atoms with Crippen LogP contribution >= 0.6 is 15.9 Å². The van der Waals surface area contributed by atoms with Gasteiger partial charge in [-0.3, -0.25) is 4.79 Å². The van der Waals surface area contributed by atoms with E-state index in [0.717, 1.165) is 10.0 Å². The van der Waals surface area contributed by atoms with Crippen LogP contribution in [0.3, 0.4) is 0 Å². The molecule has 8 nitrogen and oxygen atoms in total. The first kappa shape index (κ1) is 13.6. The Bertz CT molecular complexity index is 728. The first-order valence-electron chi connectivity index (χ1n) is 5.87. The number of benzene rings is 1. The summed E-state index contributed by atoms with van der Waals surface area (Å²) in [6.07, 6.45) is 1.48. The number of ether oxygens (including phenoxy) is 2. The summed E-state index contributed by atoms with van der Waals surface area (Å²) in [5, 5.41) is 10.9. The average molecular weight is 353 g/mol. The zero-order valence-electron chi connectivity index (χ0n) is 10.8. The SMILES string of the molecule is Cc1nonc1C(=O)N/N=C/c1cc2c(cc1Br)OCO2. The number of halogens is 1. The van der Waals surface area contributed by atoms with Crippen molar-refractivity contribution in [2.75, 3.05) is 6.79 Å². The second kappa shape index (κ2) is 5.52. The van der Waals surface area contributed by atoms with E-state index in [-0.39, 0.29) is 12.5 Å². The van der Waals surface area contributed by atoms with Crippen molar-refractivity contribution in [2.24, 2.45) is 5.10 Å². The number of aromatic nitrogens is 2. The Labute approximate surface area is 127 Å². The maximum atomic E-state index is 11.7. The van der Waals surface area contributed by atoms with Gasteiger partial charge in [0.25, 0.3) is 5.91 Å². The van der Waals surface area contributed by atoms with Gasteiger partial charge in [0.05, 0.1) is 6.21 Å². The number of hydrazone groups is 1. The highest BCUT2D eigenvalue weighted by atomic mass is 79.9. The molecule has 1 aliphatic heterocycles. The lowest BCUT2D eigenvalue weighted by Crippen LogP contribution is -2.19. The Hall–Kier alpha value is -2.42. The van der Waals surface area contributed by atoms with Gasteiger partial charge in [-0.1, -0.05) is 5.16 Å². The van der Waals surface area contributed by atoms with Gasteiger partial charge >= 0.3 is 0 Å². The van der Waals surface area contributed by atoms with Crippen LogP contribution in [-0.4, -0.2) is 29.2 Å². The molecule has 0 bridgehead atoms. The summed E-state index contributed by atoms with van der Waals surface area (Å²) in [5.41, 5.74) is 3.57. The fourth-order valence-corrected chi connectivity index (χ4v) is 2.11. The highest BCUT2D eigenvalue weighted by Gasteiger charge is 2.16. The zero-order valence-corrected chi connectivity index (χ0v) is 12.4. The fourth-order valence-electron chi connectivity index (χ4n) is 1.68. The smallest absolute Gasteiger partial charge is 0.295 e. The minimum absolute atomic E-state index is 0.0944. The number of hydrogen-bond acceptors (Lipinski definition) is 7. The monoisotopic (exact) mass is 352 g/mol. The molecule has 1 N–H and O–H groups in total. The van der Waals surface area contributed by atoms with Crippen molar-refractivity contribution in [3.8, 4) is 11.5 Å². The van der Waals surface area contributed by atoms with E-state index in [1.807, 2.05) is 0 Å². The third-order valence-corrected chi connectivity index (χ3v) is 3.42. The topological polar surface area (TPSA) is 98.8 Å². The lowest BCUT2D eigenvalue weighted by Gasteiger charge is -2.01. The Kier molecular flexibility index (Phi) is 3.57. The minimum Gasteiger partial charge on any atom is -0.454 e. The van der Waals surface area contributed by atoms with Crippen molar-refractivity contribution in [2.45, 2.75) is 6.92 Å². The van der Waals surface area contributed by atoms with E-state index in [1.54, 1.807) is 19.1 Å². The van der Waals surface area contributed by atoms with Crippen LogP contribution in [0.1, 0.15) is 21.7 Å².